The smallest absolute Gasteiger partial charge is 0.416 e. The van der Waals surface area contributed by atoms with Crippen LogP contribution >= 0.6 is 0 Å². The van der Waals surface area contributed by atoms with Crippen LogP contribution in [0.3, 0.4) is 0 Å². The number of nitrogens with one attached hydrogen (secondary N) is 1. The number of fused-ring (bicyclic) bond motifs is 1. The summed E-state index contributed by atoms with van der Waals surface area (Å²) in [4.78, 5) is 24.6. The van der Waals surface area contributed by atoms with Gasteiger partial charge in [0.25, 0.3) is 5.91 Å². The number of halogens is 3. The van der Waals surface area contributed by atoms with Crippen LogP contribution in [0.5, 0.6) is 23.3 Å². The Morgan fingerprint density at radius 3 is 2.48 bits per heavy atom. The number of nitrogen functional groups attached to an aromatic ring is 1. The lowest BCUT2D eigenvalue weighted by molar-refractivity contribution is -0.137. The zero-order valence-electron chi connectivity index (χ0n) is 16.5. The second-order valence-corrected chi connectivity index (χ2v) is 6.75. The Labute approximate surface area is 183 Å². The molecule has 0 spiro atoms. The van der Waals surface area contributed by atoms with Crippen molar-refractivity contribution in [2.75, 3.05) is 11.1 Å². The standard InChI is InChI=1S/C21H14F3N5O4/c22-21(23,24)10-1-3-16(31)15(7-10)28-19(32)13-8-11(30)9-14-12(13)2-4-17(27-14)33-18-5-6-26-20(25)29-18/h1-9,30-31H,(H,28,32)(H2,25,26,29). The Morgan fingerprint density at radius 1 is 1.00 bits per heavy atom. The summed E-state index contributed by atoms with van der Waals surface area (Å²) in [5.41, 5.74) is 4.08. The molecule has 0 aliphatic heterocycles. The number of amides is 1. The lowest BCUT2D eigenvalue weighted by atomic mass is 10.1. The molecule has 9 nitrogen and oxygen atoms in total. The minimum atomic E-state index is -4.67. The molecule has 5 N–H and O–H groups in total. The van der Waals surface area contributed by atoms with E-state index in [9.17, 15) is 28.2 Å². The van der Waals surface area contributed by atoms with Gasteiger partial charge in [-0.1, -0.05) is 0 Å². The Kier molecular flexibility index (Phi) is 5.34. The van der Waals surface area contributed by atoms with Gasteiger partial charge in [0.2, 0.25) is 17.7 Å². The number of pyridine rings is 1. The molecule has 2 aromatic carbocycles. The first-order valence-electron chi connectivity index (χ1n) is 9.22. The highest BCUT2D eigenvalue weighted by Crippen LogP contribution is 2.35. The lowest BCUT2D eigenvalue weighted by Gasteiger charge is -2.13. The van der Waals surface area contributed by atoms with E-state index in [-0.39, 0.29) is 39.9 Å². The van der Waals surface area contributed by atoms with Gasteiger partial charge in [-0.25, -0.2) is 9.97 Å². The summed E-state index contributed by atoms with van der Waals surface area (Å²) in [5.74, 6) is -1.57. The fourth-order valence-electron chi connectivity index (χ4n) is 2.97. The maximum Gasteiger partial charge on any atom is 0.416 e. The first-order chi connectivity index (χ1) is 15.6. The van der Waals surface area contributed by atoms with Crippen LogP contribution in [-0.4, -0.2) is 31.1 Å². The number of rotatable bonds is 4. The molecule has 0 aliphatic carbocycles. The van der Waals surface area contributed by atoms with Crippen molar-refractivity contribution in [1.29, 1.82) is 0 Å². The topological polar surface area (TPSA) is 143 Å². The van der Waals surface area contributed by atoms with Crippen LogP contribution in [0.25, 0.3) is 10.9 Å². The summed E-state index contributed by atoms with van der Waals surface area (Å²) in [6, 6.07) is 8.86. The minimum Gasteiger partial charge on any atom is -0.508 e. The zero-order chi connectivity index (χ0) is 23.8. The fourth-order valence-corrected chi connectivity index (χ4v) is 2.97. The molecule has 33 heavy (non-hydrogen) atoms. The van der Waals surface area contributed by atoms with Crippen LogP contribution in [0.1, 0.15) is 15.9 Å². The predicted octanol–water partition coefficient (Wildman–Crippen LogP) is 4.08. The summed E-state index contributed by atoms with van der Waals surface area (Å²) >= 11 is 0. The van der Waals surface area contributed by atoms with E-state index in [2.05, 4.69) is 20.3 Å². The fraction of sp³-hybridized carbons (Fsp3) is 0.0476. The van der Waals surface area contributed by atoms with E-state index in [1.165, 1.54) is 30.5 Å². The number of hydrogen-bond donors (Lipinski definition) is 4. The van der Waals surface area contributed by atoms with Crippen LogP contribution in [-0.2, 0) is 6.18 Å². The average molecular weight is 457 g/mol. The van der Waals surface area contributed by atoms with Gasteiger partial charge in [-0.15, -0.1) is 0 Å². The molecule has 0 fully saturated rings. The Bertz CT molecular complexity index is 1380. The Balaban J connectivity index is 1.67. The van der Waals surface area contributed by atoms with Crippen molar-refractivity contribution < 1.29 is 32.9 Å². The molecule has 0 saturated carbocycles. The maximum atomic E-state index is 13.0. The number of benzene rings is 2. The second-order valence-electron chi connectivity index (χ2n) is 6.75. The molecule has 0 atom stereocenters. The van der Waals surface area contributed by atoms with Crippen molar-refractivity contribution in [2.45, 2.75) is 6.18 Å². The van der Waals surface area contributed by atoms with Crippen LogP contribution in [0, 0.1) is 0 Å². The molecule has 1 amide bonds. The van der Waals surface area contributed by atoms with E-state index in [0.717, 1.165) is 12.1 Å². The molecule has 2 aromatic heterocycles. The van der Waals surface area contributed by atoms with Gasteiger partial charge in [-0.2, -0.15) is 18.2 Å². The van der Waals surface area contributed by atoms with Gasteiger partial charge in [0, 0.05) is 29.8 Å². The van der Waals surface area contributed by atoms with E-state index in [4.69, 9.17) is 10.5 Å². The molecule has 168 valence electrons. The van der Waals surface area contributed by atoms with E-state index < -0.39 is 29.1 Å². The van der Waals surface area contributed by atoms with Crippen LogP contribution in [0.4, 0.5) is 24.8 Å². The number of carbonyl (C=O) groups is 1. The highest BCUT2D eigenvalue weighted by Gasteiger charge is 2.31. The van der Waals surface area contributed by atoms with Crippen molar-refractivity contribution >= 4 is 28.4 Å². The third-order valence-corrected chi connectivity index (χ3v) is 4.44. The molecule has 0 unspecified atom stereocenters. The molecule has 0 aliphatic rings. The van der Waals surface area contributed by atoms with Crippen molar-refractivity contribution in [3.8, 4) is 23.3 Å². The Hall–Kier alpha value is -4.61. The number of ether oxygens (including phenoxy) is 1. The number of aromatic nitrogens is 3. The molecule has 4 aromatic rings. The average Bonchev–Trinajstić information content (AvgIpc) is 2.73. The SMILES string of the molecule is Nc1nccc(Oc2ccc3c(C(=O)Nc4cc(C(F)(F)F)ccc4O)cc(O)cc3n2)n1. The third-order valence-electron chi connectivity index (χ3n) is 4.44. The molecule has 12 heteroatoms. The largest absolute Gasteiger partial charge is 0.508 e. The number of hydrogen-bond acceptors (Lipinski definition) is 8. The minimum absolute atomic E-state index is 0.0114. The van der Waals surface area contributed by atoms with Gasteiger partial charge < -0.3 is 26.0 Å². The normalized spacial score (nSPS) is 11.4. The zero-order valence-corrected chi connectivity index (χ0v) is 16.5. The molecule has 0 bridgehead atoms. The number of alkyl halides is 3. The van der Waals surface area contributed by atoms with Gasteiger partial charge in [0.1, 0.15) is 11.5 Å². The van der Waals surface area contributed by atoms with Crippen molar-refractivity contribution in [3.05, 3.63) is 65.9 Å². The highest BCUT2D eigenvalue weighted by atomic mass is 19.4. The summed E-state index contributed by atoms with van der Waals surface area (Å²) in [5, 5.41) is 22.4. The van der Waals surface area contributed by atoms with Crippen LogP contribution in [0.15, 0.2) is 54.7 Å². The monoisotopic (exact) mass is 457 g/mol. The summed E-state index contributed by atoms with van der Waals surface area (Å²) in [6.45, 7) is 0. The summed E-state index contributed by atoms with van der Waals surface area (Å²) in [7, 11) is 0. The van der Waals surface area contributed by atoms with Crippen molar-refractivity contribution in [2.24, 2.45) is 0 Å². The number of carbonyl (C=O) groups excluding carboxylic acids is 1. The number of aromatic hydroxyl groups is 2. The number of phenolic OH excluding ortho intramolecular Hbond substituents is 2. The van der Waals surface area contributed by atoms with Crippen LogP contribution in [0.2, 0.25) is 0 Å². The van der Waals surface area contributed by atoms with Gasteiger partial charge in [0.05, 0.1) is 22.3 Å². The lowest BCUT2D eigenvalue weighted by Crippen LogP contribution is -2.14. The molecular weight excluding hydrogens is 443 g/mol. The van der Waals surface area contributed by atoms with E-state index in [0.29, 0.717) is 12.1 Å². The van der Waals surface area contributed by atoms with Gasteiger partial charge in [0.15, 0.2) is 0 Å². The van der Waals surface area contributed by atoms with E-state index in [1.807, 2.05) is 0 Å². The van der Waals surface area contributed by atoms with Gasteiger partial charge >= 0.3 is 6.18 Å². The van der Waals surface area contributed by atoms with Crippen molar-refractivity contribution in [1.82, 2.24) is 15.0 Å². The quantitative estimate of drug-likeness (QED) is 0.336. The second kappa shape index (κ2) is 8.15. The molecule has 2 heterocycles. The maximum absolute atomic E-state index is 13.0. The molecular formula is C21H14F3N5O4. The molecule has 4 rings (SSSR count). The van der Waals surface area contributed by atoms with Crippen molar-refractivity contribution in [3.63, 3.8) is 0 Å². The first kappa shape index (κ1) is 21.6. The number of nitrogens with zero attached hydrogens (tertiary/aromatic N) is 3. The van der Waals surface area contributed by atoms with Gasteiger partial charge in [-0.3, -0.25) is 4.79 Å². The van der Waals surface area contributed by atoms with E-state index in [1.54, 1.807) is 0 Å². The number of anilines is 2. The number of nitrogens with two attached hydrogens (primary N) is 1. The van der Waals surface area contributed by atoms with Gasteiger partial charge in [-0.05, 0) is 30.3 Å². The number of phenols is 2. The van der Waals surface area contributed by atoms with E-state index >= 15 is 0 Å². The molecule has 0 saturated heterocycles. The Morgan fingerprint density at radius 2 is 1.76 bits per heavy atom. The van der Waals surface area contributed by atoms with Crippen LogP contribution < -0.4 is 15.8 Å². The summed E-state index contributed by atoms with van der Waals surface area (Å²) < 4.78 is 44.4. The highest BCUT2D eigenvalue weighted by molar-refractivity contribution is 6.13. The first-order valence-corrected chi connectivity index (χ1v) is 9.22. The summed E-state index contributed by atoms with van der Waals surface area (Å²) in [6.07, 6.45) is -3.28. The molecule has 0 radical (unpaired) electrons. The predicted molar refractivity (Wildman–Crippen MR) is 111 cm³/mol. The third kappa shape index (κ3) is 4.69.